The molecule has 0 bridgehead atoms. The Kier molecular flexibility index (Phi) is 3.54. The highest BCUT2D eigenvalue weighted by Crippen LogP contribution is 2.43. The molecule has 1 aliphatic carbocycles. The first kappa shape index (κ1) is 12.2. The maximum absolute atomic E-state index is 11.0. The van der Waals surface area contributed by atoms with E-state index in [-0.39, 0.29) is 11.2 Å². The molecule has 0 saturated heterocycles. The summed E-state index contributed by atoms with van der Waals surface area (Å²) >= 11 is 0. The van der Waals surface area contributed by atoms with Crippen molar-refractivity contribution in [2.75, 3.05) is 0 Å². The van der Waals surface area contributed by atoms with E-state index in [2.05, 4.69) is 27.7 Å². The Morgan fingerprint density at radius 2 is 2.07 bits per heavy atom. The second-order valence-corrected chi connectivity index (χ2v) is 5.54. The molecule has 1 nitrogen and oxygen atoms in total. The Hall–Kier alpha value is -0.850. The van der Waals surface area contributed by atoms with Gasteiger partial charge in [-0.2, -0.15) is 0 Å². The van der Waals surface area contributed by atoms with Crippen molar-refractivity contribution in [3.8, 4) is 0 Å². The summed E-state index contributed by atoms with van der Waals surface area (Å²) in [6, 6.07) is 0. The van der Waals surface area contributed by atoms with Gasteiger partial charge in [0.15, 0.2) is 5.78 Å². The lowest BCUT2D eigenvalue weighted by molar-refractivity contribution is -0.112. The van der Waals surface area contributed by atoms with E-state index in [1.54, 1.807) is 13.0 Å². The molecule has 0 heterocycles. The molecule has 0 radical (unpaired) electrons. The zero-order valence-corrected chi connectivity index (χ0v) is 10.6. The molecule has 0 saturated carbocycles. The zero-order valence-electron chi connectivity index (χ0n) is 10.6. The van der Waals surface area contributed by atoms with Gasteiger partial charge in [-0.25, -0.2) is 0 Å². The molecule has 84 valence electrons. The molecule has 0 N–H and O–H groups in total. The van der Waals surface area contributed by atoms with E-state index < -0.39 is 0 Å². The predicted molar refractivity (Wildman–Crippen MR) is 64.7 cm³/mol. The number of hydrogen-bond donors (Lipinski definition) is 0. The molecule has 0 aromatic rings. The Bertz CT molecular complexity index is 318. The summed E-state index contributed by atoms with van der Waals surface area (Å²) in [6.45, 7) is 10.6. The van der Waals surface area contributed by atoms with E-state index >= 15 is 0 Å². The van der Waals surface area contributed by atoms with Gasteiger partial charge in [0.05, 0.1) is 0 Å². The summed E-state index contributed by atoms with van der Waals surface area (Å²) in [4.78, 5) is 11.0. The van der Waals surface area contributed by atoms with Crippen LogP contribution in [0.4, 0.5) is 0 Å². The lowest BCUT2D eigenvalue weighted by Gasteiger charge is -2.36. The maximum Gasteiger partial charge on any atom is 0.152 e. The number of carbonyl (C=O) groups excluding carboxylic acids is 1. The first-order chi connectivity index (χ1) is 6.83. The van der Waals surface area contributed by atoms with Gasteiger partial charge in [-0.15, -0.1) is 0 Å². The van der Waals surface area contributed by atoms with E-state index in [0.29, 0.717) is 0 Å². The Labute approximate surface area is 93.3 Å². The minimum absolute atomic E-state index is 0.129. The lowest BCUT2D eigenvalue weighted by Crippen LogP contribution is -2.24. The third-order valence-electron chi connectivity index (χ3n) is 3.19. The van der Waals surface area contributed by atoms with E-state index in [1.165, 1.54) is 24.0 Å². The summed E-state index contributed by atoms with van der Waals surface area (Å²) in [5.41, 5.74) is 3.01. The van der Waals surface area contributed by atoms with E-state index in [9.17, 15) is 4.79 Å². The fourth-order valence-corrected chi connectivity index (χ4v) is 2.83. The third-order valence-corrected chi connectivity index (χ3v) is 3.19. The molecule has 0 aliphatic heterocycles. The minimum atomic E-state index is 0.129. The molecule has 1 atom stereocenters. The van der Waals surface area contributed by atoms with Crippen molar-refractivity contribution >= 4 is 5.78 Å². The van der Waals surface area contributed by atoms with Crippen LogP contribution in [0.3, 0.4) is 0 Å². The van der Waals surface area contributed by atoms with Crippen molar-refractivity contribution in [1.29, 1.82) is 0 Å². The molecule has 0 aromatic carbocycles. The Balaban J connectivity index is 3.01. The first-order valence-corrected chi connectivity index (χ1v) is 5.72. The van der Waals surface area contributed by atoms with Crippen molar-refractivity contribution in [3.63, 3.8) is 0 Å². The van der Waals surface area contributed by atoms with E-state index in [4.69, 9.17) is 0 Å². The fraction of sp³-hybridized carbons (Fsp3) is 0.643. The topological polar surface area (TPSA) is 17.1 Å². The van der Waals surface area contributed by atoms with Crippen LogP contribution in [0.2, 0.25) is 0 Å². The second kappa shape index (κ2) is 4.34. The Morgan fingerprint density at radius 3 is 2.53 bits per heavy atom. The molecular formula is C14H22O. The van der Waals surface area contributed by atoms with Gasteiger partial charge in [0.2, 0.25) is 0 Å². The van der Waals surface area contributed by atoms with Crippen molar-refractivity contribution in [2.45, 2.75) is 47.5 Å². The third kappa shape index (κ3) is 3.05. The summed E-state index contributed by atoms with van der Waals surface area (Å²) in [5, 5.41) is 0. The van der Waals surface area contributed by atoms with Crippen molar-refractivity contribution in [1.82, 2.24) is 0 Å². The molecule has 1 heteroatoms. The maximum atomic E-state index is 11.0. The monoisotopic (exact) mass is 206 g/mol. The van der Waals surface area contributed by atoms with Gasteiger partial charge in [-0.1, -0.05) is 32.4 Å². The fourth-order valence-electron chi connectivity index (χ4n) is 2.83. The summed E-state index contributed by atoms with van der Waals surface area (Å²) < 4.78 is 0. The first-order valence-electron chi connectivity index (χ1n) is 5.72. The summed E-state index contributed by atoms with van der Waals surface area (Å²) in [5.74, 6) is 0.888. The van der Waals surface area contributed by atoms with Crippen molar-refractivity contribution < 1.29 is 4.79 Å². The van der Waals surface area contributed by atoms with Gasteiger partial charge in [-0.05, 0) is 49.7 Å². The Morgan fingerprint density at radius 1 is 1.47 bits per heavy atom. The quantitative estimate of drug-likeness (QED) is 0.626. The molecule has 0 spiro atoms. The van der Waals surface area contributed by atoms with Crippen LogP contribution < -0.4 is 0 Å². The van der Waals surface area contributed by atoms with Gasteiger partial charge in [0, 0.05) is 0 Å². The van der Waals surface area contributed by atoms with Gasteiger partial charge in [-0.3, -0.25) is 4.79 Å². The second-order valence-electron chi connectivity index (χ2n) is 5.54. The minimum Gasteiger partial charge on any atom is -0.295 e. The lowest BCUT2D eigenvalue weighted by atomic mass is 9.69. The number of hydrogen-bond acceptors (Lipinski definition) is 1. The number of rotatable bonds is 2. The molecule has 0 aromatic heterocycles. The number of carbonyl (C=O) groups is 1. The zero-order chi connectivity index (χ0) is 11.6. The highest BCUT2D eigenvalue weighted by molar-refractivity contribution is 5.87. The SMILES string of the molecule is CC(=O)/C=C/C1=C(C)CC(C)CC1(C)C. The highest BCUT2D eigenvalue weighted by Gasteiger charge is 2.30. The highest BCUT2D eigenvalue weighted by atomic mass is 16.1. The van der Waals surface area contributed by atoms with Gasteiger partial charge in [0.1, 0.15) is 0 Å². The average molecular weight is 206 g/mol. The van der Waals surface area contributed by atoms with Crippen LogP contribution in [0.15, 0.2) is 23.3 Å². The summed E-state index contributed by atoms with van der Waals surface area (Å²) in [6.07, 6.45) is 6.09. The van der Waals surface area contributed by atoms with Crippen LogP contribution in [-0.4, -0.2) is 5.78 Å². The molecule has 1 rings (SSSR count). The number of ketones is 1. The molecule has 1 aliphatic rings. The van der Waals surface area contributed by atoms with Gasteiger partial charge >= 0.3 is 0 Å². The predicted octanol–water partition coefficient (Wildman–Crippen LogP) is 3.90. The molecule has 15 heavy (non-hydrogen) atoms. The standard InChI is InChI=1S/C14H22O/c1-10-8-11(2)13(7-6-12(3)15)14(4,5)9-10/h6-7,10H,8-9H2,1-5H3/b7-6+. The van der Waals surface area contributed by atoms with Gasteiger partial charge < -0.3 is 0 Å². The van der Waals surface area contributed by atoms with E-state index in [0.717, 1.165) is 5.92 Å². The van der Waals surface area contributed by atoms with Crippen LogP contribution >= 0.6 is 0 Å². The van der Waals surface area contributed by atoms with Crippen LogP contribution in [-0.2, 0) is 4.79 Å². The van der Waals surface area contributed by atoms with Crippen molar-refractivity contribution in [2.24, 2.45) is 11.3 Å². The normalized spacial score (nSPS) is 26.1. The van der Waals surface area contributed by atoms with Gasteiger partial charge in [0.25, 0.3) is 0 Å². The van der Waals surface area contributed by atoms with E-state index in [1.807, 2.05) is 6.08 Å². The molecule has 0 fully saturated rings. The van der Waals surface area contributed by atoms with Crippen LogP contribution in [0, 0.1) is 11.3 Å². The van der Waals surface area contributed by atoms with Crippen LogP contribution in [0.25, 0.3) is 0 Å². The largest absolute Gasteiger partial charge is 0.295 e. The van der Waals surface area contributed by atoms with Crippen molar-refractivity contribution in [3.05, 3.63) is 23.3 Å². The average Bonchev–Trinajstić information content (AvgIpc) is 1.98. The van der Waals surface area contributed by atoms with Crippen LogP contribution in [0.5, 0.6) is 0 Å². The van der Waals surface area contributed by atoms with Crippen LogP contribution in [0.1, 0.15) is 47.5 Å². The summed E-state index contributed by atoms with van der Waals surface area (Å²) in [7, 11) is 0. The molecular weight excluding hydrogens is 184 g/mol. The smallest absolute Gasteiger partial charge is 0.152 e. The number of allylic oxidation sites excluding steroid dienone is 4. The molecule has 0 amide bonds. The molecule has 1 unspecified atom stereocenters.